The highest BCUT2D eigenvalue weighted by Gasteiger charge is 2.29. The molecule has 0 unspecified atom stereocenters. The van der Waals surface area contributed by atoms with Crippen LogP contribution in [-0.2, 0) is 16.6 Å². The van der Waals surface area contributed by atoms with Crippen molar-refractivity contribution in [1.29, 1.82) is 0 Å². The molecule has 0 aliphatic heterocycles. The summed E-state index contributed by atoms with van der Waals surface area (Å²) >= 11 is 1.43. The fourth-order valence-electron chi connectivity index (χ4n) is 4.59. The molecular weight excluding hydrogens is 552 g/mol. The van der Waals surface area contributed by atoms with Crippen molar-refractivity contribution in [3.63, 3.8) is 0 Å². The van der Waals surface area contributed by atoms with E-state index >= 15 is 0 Å². The van der Waals surface area contributed by atoms with E-state index in [1.165, 1.54) is 17.4 Å². The fourth-order valence-corrected chi connectivity index (χ4v) is 7.45. The molecule has 40 heavy (non-hydrogen) atoms. The number of amides is 3. The molecule has 1 fully saturated rings. The largest absolute Gasteiger partial charge is 0.465 e. The number of carboxylic acid groups (broad SMARTS) is 1. The van der Waals surface area contributed by atoms with Crippen LogP contribution >= 0.6 is 11.3 Å². The standard InChI is InChI=1S/C27H34N6O5S2/c1-27(2,3)33-40(37,38)23-14-19(31-25(34)30-15-20-6-4-5-13-28-20)11-12-21(23)22-16-29-24(39-22)17-7-9-18(10-8-17)32-26(35)36/h4-6,11-14,16-18,32-33H,7-10,15H2,1-3H3,(H,35,36)(H2,30,31,34). The van der Waals surface area contributed by atoms with E-state index in [1.54, 1.807) is 57.4 Å². The Labute approximate surface area is 237 Å². The minimum atomic E-state index is -3.96. The van der Waals surface area contributed by atoms with Crippen LogP contribution in [0.4, 0.5) is 15.3 Å². The van der Waals surface area contributed by atoms with E-state index in [-0.39, 0.29) is 23.4 Å². The van der Waals surface area contributed by atoms with Crippen molar-refractivity contribution in [3.05, 3.63) is 59.5 Å². The molecule has 11 nitrogen and oxygen atoms in total. The van der Waals surface area contributed by atoms with Gasteiger partial charge in [-0.1, -0.05) is 12.1 Å². The van der Waals surface area contributed by atoms with E-state index in [1.807, 2.05) is 6.07 Å². The number of carbonyl (C=O) groups is 2. The van der Waals surface area contributed by atoms with Crippen molar-refractivity contribution in [1.82, 2.24) is 25.3 Å². The van der Waals surface area contributed by atoms with Gasteiger partial charge in [0.15, 0.2) is 0 Å². The molecule has 1 saturated carbocycles. The number of urea groups is 1. The topological polar surface area (TPSA) is 162 Å². The molecule has 0 spiro atoms. The number of carbonyl (C=O) groups excluding carboxylic acids is 1. The van der Waals surface area contributed by atoms with Crippen molar-refractivity contribution in [2.75, 3.05) is 5.32 Å². The summed E-state index contributed by atoms with van der Waals surface area (Å²) in [5.41, 5.74) is 0.783. The molecule has 2 aromatic heterocycles. The SMILES string of the molecule is CC(C)(C)NS(=O)(=O)c1cc(NC(=O)NCc2ccccn2)ccc1-c1cnc(C2CCC(NC(=O)O)CC2)s1. The predicted molar refractivity (Wildman–Crippen MR) is 154 cm³/mol. The molecular formula is C27H34N6O5S2. The minimum Gasteiger partial charge on any atom is -0.465 e. The summed E-state index contributed by atoms with van der Waals surface area (Å²) in [4.78, 5) is 33.0. The third kappa shape index (κ3) is 7.99. The summed E-state index contributed by atoms with van der Waals surface area (Å²) < 4.78 is 29.7. The van der Waals surface area contributed by atoms with Gasteiger partial charge < -0.3 is 21.1 Å². The smallest absolute Gasteiger partial charge is 0.404 e. The molecule has 3 amide bonds. The number of sulfonamides is 1. The van der Waals surface area contributed by atoms with Crippen molar-refractivity contribution in [3.8, 4) is 10.4 Å². The average molecular weight is 587 g/mol. The molecule has 1 aromatic carbocycles. The lowest BCUT2D eigenvalue weighted by molar-refractivity contribution is 0.185. The Kier molecular flexibility index (Phi) is 9.06. The summed E-state index contributed by atoms with van der Waals surface area (Å²) in [7, 11) is -3.96. The average Bonchev–Trinajstić information content (AvgIpc) is 3.37. The second-order valence-corrected chi connectivity index (χ2v) is 13.5. The third-order valence-electron chi connectivity index (χ3n) is 6.32. The summed E-state index contributed by atoms with van der Waals surface area (Å²) in [6, 6.07) is 9.64. The number of rotatable bonds is 8. The van der Waals surface area contributed by atoms with Crippen molar-refractivity contribution in [2.24, 2.45) is 0 Å². The van der Waals surface area contributed by atoms with Gasteiger partial charge in [0.25, 0.3) is 0 Å². The first-order valence-electron chi connectivity index (χ1n) is 13.0. The van der Waals surface area contributed by atoms with Gasteiger partial charge in [-0.15, -0.1) is 11.3 Å². The predicted octanol–water partition coefficient (Wildman–Crippen LogP) is 4.90. The van der Waals surface area contributed by atoms with Crippen LogP contribution in [0.3, 0.4) is 0 Å². The Morgan fingerprint density at radius 3 is 2.48 bits per heavy atom. The Morgan fingerprint density at radius 2 is 1.82 bits per heavy atom. The van der Waals surface area contributed by atoms with Gasteiger partial charge in [-0.25, -0.2) is 27.7 Å². The number of hydrogen-bond donors (Lipinski definition) is 5. The maximum Gasteiger partial charge on any atom is 0.404 e. The van der Waals surface area contributed by atoms with E-state index in [0.29, 0.717) is 21.8 Å². The molecule has 1 aliphatic carbocycles. The van der Waals surface area contributed by atoms with E-state index in [9.17, 15) is 18.0 Å². The van der Waals surface area contributed by atoms with Gasteiger partial charge in [0.1, 0.15) is 0 Å². The molecule has 2 heterocycles. The van der Waals surface area contributed by atoms with E-state index in [4.69, 9.17) is 5.11 Å². The highest BCUT2D eigenvalue weighted by Crippen LogP contribution is 2.40. The molecule has 0 atom stereocenters. The molecule has 214 valence electrons. The first-order valence-corrected chi connectivity index (χ1v) is 15.3. The van der Waals surface area contributed by atoms with Crippen molar-refractivity contribution < 1.29 is 23.1 Å². The van der Waals surface area contributed by atoms with Gasteiger partial charge in [-0.05, 0) is 70.7 Å². The molecule has 5 N–H and O–H groups in total. The van der Waals surface area contributed by atoms with Crippen LogP contribution < -0.4 is 20.7 Å². The van der Waals surface area contributed by atoms with Crippen LogP contribution in [0, 0.1) is 0 Å². The van der Waals surface area contributed by atoms with Gasteiger partial charge in [-0.3, -0.25) is 4.98 Å². The van der Waals surface area contributed by atoms with E-state index in [0.717, 1.165) is 30.7 Å². The number of aromatic nitrogens is 2. The van der Waals surface area contributed by atoms with Gasteiger partial charge in [0, 0.05) is 41.1 Å². The maximum atomic E-state index is 13.5. The van der Waals surface area contributed by atoms with Crippen LogP contribution in [-0.4, -0.2) is 47.2 Å². The fraction of sp³-hybridized carbons (Fsp3) is 0.407. The first kappa shape index (κ1) is 29.4. The normalized spacial score (nSPS) is 17.7. The minimum absolute atomic E-state index is 0.0366. The lowest BCUT2D eigenvalue weighted by Gasteiger charge is -2.27. The molecule has 13 heteroatoms. The lowest BCUT2D eigenvalue weighted by atomic mass is 9.86. The molecule has 3 aromatic rings. The molecule has 0 radical (unpaired) electrons. The molecule has 4 rings (SSSR count). The van der Waals surface area contributed by atoms with Gasteiger partial charge in [-0.2, -0.15) is 0 Å². The highest BCUT2D eigenvalue weighted by molar-refractivity contribution is 7.89. The molecule has 0 bridgehead atoms. The summed E-state index contributed by atoms with van der Waals surface area (Å²) in [6.07, 6.45) is 5.35. The van der Waals surface area contributed by atoms with Crippen molar-refractivity contribution in [2.45, 2.75) is 75.4 Å². The van der Waals surface area contributed by atoms with Gasteiger partial charge in [0.05, 0.1) is 27.0 Å². The van der Waals surface area contributed by atoms with Crippen LogP contribution in [0.1, 0.15) is 63.1 Å². The van der Waals surface area contributed by atoms with Crippen LogP contribution in [0.5, 0.6) is 0 Å². The number of benzene rings is 1. The highest BCUT2D eigenvalue weighted by atomic mass is 32.2. The maximum absolute atomic E-state index is 13.5. The van der Waals surface area contributed by atoms with Crippen LogP contribution in [0.15, 0.2) is 53.7 Å². The summed E-state index contributed by atoms with van der Waals surface area (Å²) in [5.74, 6) is 0.182. The zero-order valence-electron chi connectivity index (χ0n) is 22.6. The second-order valence-electron chi connectivity index (χ2n) is 10.8. The van der Waals surface area contributed by atoms with Crippen LogP contribution in [0.25, 0.3) is 10.4 Å². The zero-order valence-corrected chi connectivity index (χ0v) is 24.2. The number of hydrogen-bond acceptors (Lipinski definition) is 7. The number of thiazole rings is 1. The number of nitrogens with zero attached hydrogens (tertiary/aromatic N) is 2. The molecule has 1 aliphatic rings. The van der Waals surface area contributed by atoms with E-state index in [2.05, 4.69) is 30.6 Å². The summed E-state index contributed by atoms with van der Waals surface area (Å²) in [6.45, 7) is 5.51. The van der Waals surface area contributed by atoms with Crippen LogP contribution in [0.2, 0.25) is 0 Å². The van der Waals surface area contributed by atoms with Crippen molar-refractivity contribution >= 4 is 39.2 Å². The zero-order chi connectivity index (χ0) is 28.9. The Bertz CT molecular complexity index is 1450. The monoisotopic (exact) mass is 586 g/mol. The third-order valence-corrected chi connectivity index (χ3v) is 9.31. The Balaban J connectivity index is 1.56. The number of pyridine rings is 1. The quantitative estimate of drug-likeness (QED) is 0.251. The Hall–Kier alpha value is -3.55. The first-order chi connectivity index (χ1) is 18.9. The summed E-state index contributed by atoms with van der Waals surface area (Å²) in [5, 5.41) is 17.9. The number of nitrogens with one attached hydrogen (secondary N) is 4. The van der Waals surface area contributed by atoms with Gasteiger partial charge in [0.2, 0.25) is 10.0 Å². The second kappa shape index (κ2) is 12.3. The lowest BCUT2D eigenvalue weighted by Crippen LogP contribution is -2.40. The Morgan fingerprint density at radius 1 is 1.07 bits per heavy atom. The van der Waals surface area contributed by atoms with Gasteiger partial charge >= 0.3 is 12.1 Å². The number of anilines is 1. The molecule has 0 saturated heterocycles. The van der Waals surface area contributed by atoms with E-state index < -0.39 is 27.7 Å².